The van der Waals surface area contributed by atoms with E-state index in [0.29, 0.717) is 37.1 Å². The second kappa shape index (κ2) is 8.12. The Hall–Kier alpha value is -1.43. The van der Waals surface area contributed by atoms with Crippen LogP contribution in [0.2, 0.25) is 0 Å². The molecular formula is C15H24N2O4. The van der Waals surface area contributed by atoms with Crippen molar-refractivity contribution in [1.29, 1.82) is 0 Å². The molecule has 1 aliphatic rings. The Morgan fingerprint density at radius 2 is 2.19 bits per heavy atom. The van der Waals surface area contributed by atoms with Crippen LogP contribution >= 0.6 is 0 Å². The molecule has 1 aliphatic carbocycles. The molecule has 1 N–H and O–H groups in total. The second-order valence-corrected chi connectivity index (χ2v) is 5.57. The summed E-state index contributed by atoms with van der Waals surface area (Å²) in [4.78, 5) is 14.9. The third-order valence-corrected chi connectivity index (χ3v) is 3.94. The van der Waals surface area contributed by atoms with E-state index in [0.717, 1.165) is 12.8 Å². The van der Waals surface area contributed by atoms with E-state index in [2.05, 4.69) is 10.1 Å². The minimum atomic E-state index is -0.802. The van der Waals surface area contributed by atoms with Crippen LogP contribution in [0.3, 0.4) is 0 Å². The quantitative estimate of drug-likeness (QED) is 0.793. The summed E-state index contributed by atoms with van der Waals surface area (Å²) in [5.74, 6) is 0.785. The van der Waals surface area contributed by atoms with Crippen molar-refractivity contribution in [2.24, 2.45) is 5.92 Å². The topological polar surface area (TPSA) is 85.5 Å². The molecule has 1 atom stereocenters. The monoisotopic (exact) mass is 296 g/mol. The average molecular weight is 296 g/mol. The van der Waals surface area contributed by atoms with Gasteiger partial charge in [0.25, 0.3) is 0 Å². The Morgan fingerprint density at radius 3 is 2.86 bits per heavy atom. The molecule has 118 valence electrons. The highest BCUT2D eigenvalue weighted by Crippen LogP contribution is 2.35. The number of hydrogen-bond donors (Lipinski definition) is 1. The minimum absolute atomic E-state index is 0.0905. The standard InChI is InChI=1S/C15H24N2O4/c1-2-20-14(11-7-4-3-5-8-11)15-16-12(21-17-15)9-6-10-13(18)19/h11,14H,2-10H2,1H3,(H,18,19). The van der Waals surface area contributed by atoms with Crippen LogP contribution in [0.4, 0.5) is 0 Å². The van der Waals surface area contributed by atoms with Crippen LogP contribution in [0.5, 0.6) is 0 Å². The lowest BCUT2D eigenvalue weighted by Gasteiger charge is -2.27. The summed E-state index contributed by atoms with van der Waals surface area (Å²) in [6.07, 6.45) is 7.10. The Labute approximate surface area is 124 Å². The summed E-state index contributed by atoms with van der Waals surface area (Å²) < 4.78 is 11.1. The van der Waals surface area contributed by atoms with Gasteiger partial charge in [-0.05, 0) is 32.1 Å². The second-order valence-electron chi connectivity index (χ2n) is 5.57. The summed E-state index contributed by atoms with van der Waals surface area (Å²) in [6.45, 7) is 2.60. The highest BCUT2D eigenvalue weighted by Gasteiger charge is 2.29. The van der Waals surface area contributed by atoms with Crippen LogP contribution in [-0.2, 0) is 16.0 Å². The predicted octanol–water partition coefficient (Wildman–Crippen LogP) is 3.13. The Balaban J connectivity index is 1.96. The lowest BCUT2D eigenvalue weighted by molar-refractivity contribution is -0.137. The number of aliphatic carboxylic acids is 1. The van der Waals surface area contributed by atoms with Gasteiger partial charge in [-0.3, -0.25) is 4.79 Å². The number of rotatable bonds is 8. The van der Waals surface area contributed by atoms with Crippen LogP contribution in [0.25, 0.3) is 0 Å². The van der Waals surface area contributed by atoms with Gasteiger partial charge in [-0.25, -0.2) is 0 Å². The van der Waals surface area contributed by atoms with Gasteiger partial charge >= 0.3 is 5.97 Å². The maximum atomic E-state index is 10.5. The van der Waals surface area contributed by atoms with E-state index < -0.39 is 5.97 Å². The fourth-order valence-corrected chi connectivity index (χ4v) is 2.91. The molecule has 0 radical (unpaired) electrons. The zero-order chi connectivity index (χ0) is 15.1. The molecular weight excluding hydrogens is 272 g/mol. The van der Waals surface area contributed by atoms with E-state index >= 15 is 0 Å². The highest BCUT2D eigenvalue weighted by atomic mass is 16.5. The number of carbonyl (C=O) groups is 1. The third kappa shape index (κ3) is 4.81. The first kappa shape index (κ1) is 15.9. The van der Waals surface area contributed by atoms with Gasteiger partial charge in [-0.15, -0.1) is 0 Å². The Morgan fingerprint density at radius 1 is 1.43 bits per heavy atom. The number of ether oxygens (including phenoxy) is 1. The number of aromatic nitrogens is 2. The molecule has 6 heteroatoms. The molecule has 1 heterocycles. The molecule has 1 aromatic rings. The minimum Gasteiger partial charge on any atom is -0.481 e. The molecule has 0 saturated heterocycles. The fourth-order valence-electron chi connectivity index (χ4n) is 2.91. The van der Waals surface area contributed by atoms with E-state index in [4.69, 9.17) is 14.4 Å². The smallest absolute Gasteiger partial charge is 0.303 e. The van der Waals surface area contributed by atoms with Crippen molar-refractivity contribution < 1.29 is 19.2 Å². The van der Waals surface area contributed by atoms with E-state index in [9.17, 15) is 4.79 Å². The van der Waals surface area contributed by atoms with Gasteiger partial charge in [0.05, 0.1) is 0 Å². The van der Waals surface area contributed by atoms with Crippen molar-refractivity contribution in [3.63, 3.8) is 0 Å². The van der Waals surface area contributed by atoms with Crippen LogP contribution in [-0.4, -0.2) is 27.8 Å². The SMILES string of the molecule is CCOC(c1noc(CCCC(=O)O)n1)C1CCCCC1. The summed E-state index contributed by atoms with van der Waals surface area (Å²) in [5.41, 5.74) is 0. The van der Waals surface area contributed by atoms with Crippen molar-refractivity contribution in [2.75, 3.05) is 6.61 Å². The fraction of sp³-hybridized carbons (Fsp3) is 0.800. The first-order valence-corrected chi connectivity index (χ1v) is 7.86. The zero-order valence-corrected chi connectivity index (χ0v) is 12.6. The van der Waals surface area contributed by atoms with Crippen LogP contribution in [0, 0.1) is 5.92 Å². The highest BCUT2D eigenvalue weighted by molar-refractivity contribution is 5.66. The van der Waals surface area contributed by atoms with Crippen molar-refractivity contribution in [3.8, 4) is 0 Å². The maximum absolute atomic E-state index is 10.5. The number of aryl methyl sites for hydroxylation is 1. The molecule has 1 unspecified atom stereocenters. The number of carboxylic acid groups (broad SMARTS) is 1. The molecule has 0 aromatic carbocycles. The van der Waals surface area contributed by atoms with Crippen molar-refractivity contribution in [1.82, 2.24) is 10.1 Å². The van der Waals surface area contributed by atoms with Gasteiger partial charge in [0.15, 0.2) is 0 Å². The first-order valence-electron chi connectivity index (χ1n) is 7.86. The molecule has 1 saturated carbocycles. The largest absolute Gasteiger partial charge is 0.481 e. The average Bonchev–Trinajstić information content (AvgIpc) is 2.94. The van der Waals surface area contributed by atoms with Gasteiger partial charge in [-0.1, -0.05) is 24.4 Å². The van der Waals surface area contributed by atoms with Crippen LogP contribution in [0.15, 0.2) is 4.52 Å². The van der Waals surface area contributed by atoms with Gasteiger partial charge in [0.1, 0.15) is 6.10 Å². The van der Waals surface area contributed by atoms with Crippen LogP contribution < -0.4 is 0 Å². The normalized spacial score (nSPS) is 17.8. The first-order chi connectivity index (χ1) is 10.2. The molecule has 0 amide bonds. The third-order valence-electron chi connectivity index (χ3n) is 3.94. The van der Waals surface area contributed by atoms with Gasteiger partial charge < -0.3 is 14.4 Å². The molecule has 21 heavy (non-hydrogen) atoms. The van der Waals surface area contributed by atoms with Crippen molar-refractivity contribution in [3.05, 3.63) is 11.7 Å². The van der Waals surface area contributed by atoms with E-state index in [-0.39, 0.29) is 12.5 Å². The summed E-state index contributed by atoms with van der Waals surface area (Å²) in [5, 5.41) is 12.7. The molecule has 1 aromatic heterocycles. The van der Waals surface area contributed by atoms with Gasteiger partial charge in [-0.2, -0.15) is 4.98 Å². The van der Waals surface area contributed by atoms with Gasteiger partial charge in [0, 0.05) is 19.4 Å². The molecule has 2 rings (SSSR count). The van der Waals surface area contributed by atoms with Crippen molar-refractivity contribution in [2.45, 2.75) is 64.4 Å². The molecule has 0 bridgehead atoms. The van der Waals surface area contributed by atoms with Crippen LogP contribution in [0.1, 0.15) is 69.7 Å². The summed E-state index contributed by atoms with van der Waals surface area (Å²) in [6, 6.07) is 0. The molecule has 0 spiro atoms. The lowest BCUT2D eigenvalue weighted by Crippen LogP contribution is -2.20. The Bertz CT molecular complexity index is 441. The van der Waals surface area contributed by atoms with E-state index in [1.54, 1.807) is 0 Å². The molecule has 1 fully saturated rings. The zero-order valence-electron chi connectivity index (χ0n) is 12.6. The molecule has 6 nitrogen and oxygen atoms in total. The predicted molar refractivity (Wildman–Crippen MR) is 75.8 cm³/mol. The number of carboxylic acids is 1. The lowest BCUT2D eigenvalue weighted by atomic mass is 9.85. The van der Waals surface area contributed by atoms with Gasteiger partial charge in [0.2, 0.25) is 11.7 Å². The molecule has 0 aliphatic heterocycles. The maximum Gasteiger partial charge on any atom is 0.303 e. The summed E-state index contributed by atoms with van der Waals surface area (Å²) >= 11 is 0. The van der Waals surface area contributed by atoms with Crippen molar-refractivity contribution >= 4 is 5.97 Å². The van der Waals surface area contributed by atoms with E-state index in [1.165, 1.54) is 19.3 Å². The summed E-state index contributed by atoms with van der Waals surface area (Å²) in [7, 11) is 0. The Kier molecular flexibility index (Phi) is 6.17. The number of hydrogen-bond acceptors (Lipinski definition) is 5. The number of nitrogens with zero attached hydrogens (tertiary/aromatic N) is 2. The van der Waals surface area contributed by atoms with E-state index in [1.807, 2.05) is 6.92 Å².